The van der Waals surface area contributed by atoms with E-state index in [9.17, 15) is 14.4 Å². The number of ether oxygens (including phenoxy) is 3. The highest BCUT2D eigenvalue weighted by atomic mass is 16.6. The maximum atomic E-state index is 12.7. The Bertz CT molecular complexity index is 1030. The van der Waals surface area contributed by atoms with E-state index in [0.29, 0.717) is 19.3 Å². The Morgan fingerprint density at radius 2 is 0.672 bits per heavy atom. The molecule has 0 aliphatic carbocycles. The van der Waals surface area contributed by atoms with Crippen LogP contribution in [0, 0.1) is 0 Å². The summed E-state index contributed by atoms with van der Waals surface area (Å²) in [7, 11) is 0. The van der Waals surface area contributed by atoms with Gasteiger partial charge in [0.15, 0.2) is 6.10 Å². The van der Waals surface area contributed by atoms with Crippen molar-refractivity contribution in [3.8, 4) is 0 Å². The molecular formula is C52H92O6. The van der Waals surface area contributed by atoms with Gasteiger partial charge >= 0.3 is 17.9 Å². The summed E-state index contributed by atoms with van der Waals surface area (Å²) >= 11 is 0. The van der Waals surface area contributed by atoms with Gasteiger partial charge < -0.3 is 14.2 Å². The molecule has 1 atom stereocenters. The van der Waals surface area contributed by atoms with Gasteiger partial charge in [0.25, 0.3) is 0 Å². The van der Waals surface area contributed by atoms with Gasteiger partial charge in [-0.15, -0.1) is 0 Å². The molecule has 1 unspecified atom stereocenters. The van der Waals surface area contributed by atoms with Crippen molar-refractivity contribution in [3.05, 3.63) is 48.6 Å². The zero-order chi connectivity index (χ0) is 42.3. The lowest BCUT2D eigenvalue weighted by molar-refractivity contribution is -0.167. The molecule has 0 radical (unpaired) electrons. The molecule has 0 aromatic rings. The molecule has 0 spiro atoms. The number of esters is 3. The van der Waals surface area contributed by atoms with Crippen molar-refractivity contribution in [2.24, 2.45) is 0 Å². The van der Waals surface area contributed by atoms with Crippen molar-refractivity contribution in [2.45, 2.75) is 252 Å². The first-order valence-electron chi connectivity index (χ1n) is 24.6. The first kappa shape index (κ1) is 55.4. The van der Waals surface area contributed by atoms with Gasteiger partial charge in [-0.3, -0.25) is 14.4 Å². The van der Waals surface area contributed by atoms with E-state index in [-0.39, 0.29) is 31.1 Å². The van der Waals surface area contributed by atoms with E-state index in [0.717, 1.165) is 89.9 Å². The van der Waals surface area contributed by atoms with E-state index >= 15 is 0 Å². The molecule has 0 aliphatic heterocycles. The van der Waals surface area contributed by atoms with Crippen molar-refractivity contribution in [3.63, 3.8) is 0 Å². The van der Waals surface area contributed by atoms with Crippen LogP contribution in [0.4, 0.5) is 0 Å². The molecule has 0 saturated carbocycles. The van der Waals surface area contributed by atoms with Gasteiger partial charge in [-0.25, -0.2) is 0 Å². The van der Waals surface area contributed by atoms with Crippen LogP contribution in [0.15, 0.2) is 48.6 Å². The van der Waals surface area contributed by atoms with E-state index in [4.69, 9.17) is 14.2 Å². The minimum absolute atomic E-state index is 0.0799. The summed E-state index contributed by atoms with van der Waals surface area (Å²) in [5.74, 6) is -0.907. The Hall–Kier alpha value is -2.63. The second-order valence-electron chi connectivity index (χ2n) is 16.4. The molecule has 0 aromatic heterocycles. The molecule has 0 saturated heterocycles. The van der Waals surface area contributed by atoms with Crippen LogP contribution in [0.2, 0.25) is 0 Å². The summed E-state index contributed by atoms with van der Waals surface area (Å²) in [6, 6.07) is 0. The summed E-state index contributed by atoms with van der Waals surface area (Å²) in [6.07, 6.45) is 55.2. The topological polar surface area (TPSA) is 78.9 Å². The average Bonchev–Trinajstić information content (AvgIpc) is 3.22. The lowest BCUT2D eigenvalue weighted by atomic mass is 10.0. The van der Waals surface area contributed by atoms with Crippen molar-refractivity contribution >= 4 is 17.9 Å². The summed E-state index contributed by atoms with van der Waals surface area (Å²) in [4.78, 5) is 37.8. The molecule has 0 N–H and O–H groups in total. The largest absolute Gasteiger partial charge is 0.462 e. The molecule has 0 heterocycles. The molecule has 0 amide bonds. The van der Waals surface area contributed by atoms with E-state index in [1.807, 2.05) is 0 Å². The Balaban J connectivity index is 4.40. The normalized spacial score (nSPS) is 12.4. The number of hydrogen-bond donors (Lipinski definition) is 0. The average molecular weight is 813 g/mol. The fourth-order valence-corrected chi connectivity index (χ4v) is 6.90. The lowest BCUT2D eigenvalue weighted by Gasteiger charge is -2.18. The third-order valence-electron chi connectivity index (χ3n) is 10.6. The summed E-state index contributed by atoms with van der Waals surface area (Å²) in [5.41, 5.74) is 0. The molecule has 336 valence electrons. The Morgan fingerprint density at radius 3 is 1.05 bits per heavy atom. The van der Waals surface area contributed by atoms with Gasteiger partial charge in [-0.05, 0) is 57.8 Å². The van der Waals surface area contributed by atoms with E-state index < -0.39 is 6.10 Å². The van der Waals surface area contributed by atoms with Gasteiger partial charge in [0.05, 0.1) is 0 Å². The number of carbonyl (C=O) groups is 3. The smallest absolute Gasteiger partial charge is 0.306 e. The standard InChI is InChI=1S/C52H92O6/c1-4-7-10-13-16-19-22-25-26-27-28-31-33-36-39-42-45-51(54)57-48-49(58-52(55)46-43-40-37-34-30-24-21-18-15-12-9-6-3)47-56-50(53)44-41-38-35-32-29-23-20-17-14-11-8-5-2/h7,10,16,19,25-26,28,31,49H,4-6,8-9,11-15,17-18,20-24,27,29-30,32-48H2,1-3H3/b10-7-,19-16-,26-25-,31-28-. The van der Waals surface area contributed by atoms with Gasteiger partial charge in [0.1, 0.15) is 13.2 Å². The summed E-state index contributed by atoms with van der Waals surface area (Å²) < 4.78 is 16.7. The fourth-order valence-electron chi connectivity index (χ4n) is 6.90. The second kappa shape index (κ2) is 47.1. The molecule has 0 aliphatic rings. The van der Waals surface area contributed by atoms with Crippen LogP contribution in [-0.2, 0) is 28.6 Å². The quantitative estimate of drug-likeness (QED) is 0.0264. The van der Waals surface area contributed by atoms with Crippen LogP contribution in [0.25, 0.3) is 0 Å². The SMILES string of the molecule is CC/C=C\C/C=C\C/C=C\C/C=C\CCCCCC(=O)OCC(COC(=O)CCCCCCCCCCCCCC)OC(=O)CCCCCCCCCCCCCC. The zero-order valence-electron chi connectivity index (χ0n) is 38.3. The first-order valence-corrected chi connectivity index (χ1v) is 24.6. The Labute approximate surface area is 358 Å². The molecule has 0 bridgehead atoms. The summed E-state index contributed by atoms with van der Waals surface area (Å²) in [6.45, 7) is 6.50. The van der Waals surface area contributed by atoms with E-state index in [1.165, 1.54) is 116 Å². The van der Waals surface area contributed by atoms with Crippen LogP contribution in [-0.4, -0.2) is 37.2 Å². The van der Waals surface area contributed by atoms with E-state index in [1.54, 1.807) is 0 Å². The molecule has 6 nitrogen and oxygen atoms in total. The molecule has 58 heavy (non-hydrogen) atoms. The predicted molar refractivity (Wildman–Crippen MR) is 247 cm³/mol. The van der Waals surface area contributed by atoms with Crippen LogP contribution in [0.5, 0.6) is 0 Å². The van der Waals surface area contributed by atoms with E-state index in [2.05, 4.69) is 69.4 Å². The number of allylic oxidation sites excluding steroid dienone is 8. The third kappa shape index (κ3) is 44.5. The minimum Gasteiger partial charge on any atom is -0.462 e. The molecule has 0 aromatic carbocycles. The highest BCUT2D eigenvalue weighted by Gasteiger charge is 2.19. The minimum atomic E-state index is -0.780. The Morgan fingerprint density at radius 1 is 0.362 bits per heavy atom. The predicted octanol–water partition coefficient (Wildman–Crippen LogP) is 15.9. The van der Waals surface area contributed by atoms with Crippen LogP contribution in [0.1, 0.15) is 245 Å². The molecule has 0 rings (SSSR count). The molecule has 0 fully saturated rings. The van der Waals surface area contributed by atoms with Crippen LogP contribution < -0.4 is 0 Å². The van der Waals surface area contributed by atoms with Gasteiger partial charge in [0, 0.05) is 19.3 Å². The summed E-state index contributed by atoms with van der Waals surface area (Å²) in [5, 5.41) is 0. The van der Waals surface area contributed by atoms with Crippen molar-refractivity contribution in [2.75, 3.05) is 13.2 Å². The highest BCUT2D eigenvalue weighted by molar-refractivity contribution is 5.71. The van der Waals surface area contributed by atoms with Gasteiger partial charge in [-0.1, -0.05) is 217 Å². The molecule has 6 heteroatoms. The second-order valence-corrected chi connectivity index (χ2v) is 16.4. The lowest BCUT2D eigenvalue weighted by Crippen LogP contribution is -2.30. The zero-order valence-corrected chi connectivity index (χ0v) is 38.3. The van der Waals surface area contributed by atoms with Crippen molar-refractivity contribution < 1.29 is 28.6 Å². The molecular weight excluding hydrogens is 721 g/mol. The first-order chi connectivity index (χ1) is 28.5. The number of carbonyl (C=O) groups excluding carboxylic acids is 3. The highest BCUT2D eigenvalue weighted by Crippen LogP contribution is 2.15. The van der Waals surface area contributed by atoms with Crippen LogP contribution in [0.3, 0.4) is 0 Å². The Kier molecular flexibility index (Phi) is 44.9. The number of unbranched alkanes of at least 4 members (excludes halogenated alkanes) is 25. The number of hydrogen-bond acceptors (Lipinski definition) is 6. The third-order valence-corrected chi connectivity index (χ3v) is 10.6. The van der Waals surface area contributed by atoms with Crippen LogP contribution >= 0.6 is 0 Å². The monoisotopic (exact) mass is 813 g/mol. The van der Waals surface area contributed by atoms with Gasteiger partial charge in [-0.2, -0.15) is 0 Å². The fraction of sp³-hybridized carbons (Fsp3) is 0.788. The maximum Gasteiger partial charge on any atom is 0.306 e. The van der Waals surface area contributed by atoms with Gasteiger partial charge in [0.2, 0.25) is 0 Å². The number of rotatable bonds is 44. The van der Waals surface area contributed by atoms with Crippen molar-refractivity contribution in [1.82, 2.24) is 0 Å². The van der Waals surface area contributed by atoms with Crippen molar-refractivity contribution in [1.29, 1.82) is 0 Å². The maximum absolute atomic E-state index is 12.7.